The Morgan fingerprint density at radius 3 is 1.00 bits per heavy atom. The van der Waals surface area contributed by atoms with Gasteiger partial charge in [0.25, 0.3) is 0 Å². The molecule has 0 atom stereocenters. The fourth-order valence-corrected chi connectivity index (χ4v) is 1.11. The van der Waals surface area contributed by atoms with Crippen LogP contribution in [0.2, 0.25) is 0 Å². The number of rotatable bonds is 3. The first kappa shape index (κ1) is 17.3. The minimum absolute atomic E-state index is 0.152. The molecule has 0 aliphatic carbocycles. The van der Waals surface area contributed by atoms with Crippen LogP contribution >= 0.6 is 0 Å². The molecular formula is C7H6F10O. The second-order valence-corrected chi connectivity index (χ2v) is 3.36. The Balaban J connectivity index is 5.96. The van der Waals surface area contributed by atoms with Gasteiger partial charge in [0.1, 0.15) is 0 Å². The number of aliphatic hydroxyl groups is 1. The molecule has 0 spiro atoms. The SMILES string of the molecule is CCC(O)(C(F)(F)C(F)(F)F)C(F)(F)C(F)(F)F. The summed E-state index contributed by atoms with van der Waals surface area (Å²) < 4.78 is 122. The molecule has 0 heterocycles. The standard InChI is InChI=1S/C7H6F10O/c1-2-3(18,4(8,9)6(12,13)14)5(10,11)7(15,16)17/h18H,2H2,1H3. The van der Waals surface area contributed by atoms with E-state index in [0.717, 1.165) is 0 Å². The van der Waals surface area contributed by atoms with Crippen molar-refractivity contribution in [2.24, 2.45) is 0 Å². The molecule has 0 amide bonds. The largest absolute Gasteiger partial charge is 0.456 e. The average molecular weight is 296 g/mol. The molecule has 0 saturated carbocycles. The predicted molar refractivity (Wildman–Crippen MR) is 37.2 cm³/mol. The van der Waals surface area contributed by atoms with Crippen molar-refractivity contribution < 1.29 is 49.0 Å². The Bertz CT molecular complexity index is 274. The van der Waals surface area contributed by atoms with Crippen LogP contribution in [0.3, 0.4) is 0 Å². The molecule has 0 aliphatic rings. The van der Waals surface area contributed by atoms with Gasteiger partial charge in [-0.2, -0.15) is 43.9 Å². The minimum atomic E-state index is -6.76. The molecule has 11 heteroatoms. The van der Waals surface area contributed by atoms with Crippen molar-refractivity contribution in [3.63, 3.8) is 0 Å². The summed E-state index contributed by atoms with van der Waals surface area (Å²) in [5, 5.41) is 8.61. The van der Waals surface area contributed by atoms with Crippen LogP contribution in [0.4, 0.5) is 43.9 Å². The molecule has 0 unspecified atom stereocenters. The van der Waals surface area contributed by atoms with Gasteiger partial charge in [-0.3, -0.25) is 0 Å². The van der Waals surface area contributed by atoms with Crippen molar-refractivity contribution in [1.29, 1.82) is 0 Å². The van der Waals surface area contributed by atoms with E-state index in [2.05, 4.69) is 0 Å². The van der Waals surface area contributed by atoms with Crippen LogP contribution in [0.25, 0.3) is 0 Å². The smallest absolute Gasteiger partial charge is 0.378 e. The van der Waals surface area contributed by atoms with E-state index in [1.165, 1.54) is 0 Å². The molecule has 0 fully saturated rings. The van der Waals surface area contributed by atoms with Gasteiger partial charge in [-0.25, -0.2) is 0 Å². The Labute approximate surface area is 93.4 Å². The van der Waals surface area contributed by atoms with E-state index in [1.807, 2.05) is 0 Å². The van der Waals surface area contributed by atoms with E-state index in [1.54, 1.807) is 0 Å². The van der Waals surface area contributed by atoms with Crippen LogP contribution in [0, 0.1) is 0 Å². The van der Waals surface area contributed by atoms with E-state index in [-0.39, 0.29) is 6.92 Å². The summed E-state index contributed by atoms with van der Waals surface area (Å²) >= 11 is 0. The predicted octanol–water partition coefficient (Wildman–Crippen LogP) is 3.52. The van der Waals surface area contributed by atoms with Gasteiger partial charge in [0.15, 0.2) is 0 Å². The Hall–Kier alpha value is -0.740. The van der Waals surface area contributed by atoms with Crippen LogP contribution < -0.4 is 0 Å². The van der Waals surface area contributed by atoms with Crippen molar-refractivity contribution in [3.8, 4) is 0 Å². The van der Waals surface area contributed by atoms with Crippen LogP contribution in [0.1, 0.15) is 13.3 Å². The summed E-state index contributed by atoms with van der Waals surface area (Å²) in [5.41, 5.74) is -5.61. The van der Waals surface area contributed by atoms with Crippen LogP contribution in [-0.4, -0.2) is 34.9 Å². The molecule has 110 valence electrons. The maximum Gasteiger partial charge on any atom is 0.456 e. The lowest BCUT2D eigenvalue weighted by molar-refractivity contribution is -0.423. The fourth-order valence-electron chi connectivity index (χ4n) is 1.11. The van der Waals surface area contributed by atoms with Gasteiger partial charge in [0.05, 0.1) is 0 Å². The maximum absolute atomic E-state index is 12.7. The first-order chi connectivity index (χ1) is 7.56. The van der Waals surface area contributed by atoms with Gasteiger partial charge >= 0.3 is 24.2 Å². The van der Waals surface area contributed by atoms with E-state index in [9.17, 15) is 43.9 Å². The van der Waals surface area contributed by atoms with Crippen molar-refractivity contribution in [3.05, 3.63) is 0 Å². The Morgan fingerprint density at radius 1 is 0.667 bits per heavy atom. The summed E-state index contributed by atoms with van der Waals surface area (Å²) in [5.74, 6) is -13.3. The summed E-state index contributed by atoms with van der Waals surface area (Å²) in [7, 11) is 0. The molecule has 0 aliphatic heterocycles. The van der Waals surface area contributed by atoms with Crippen molar-refractivity contribution in [2.45, 2.75) is 43.1 Å². The van der Waals surface area contributed by atoms with E-state index >= 15 is 0 Å². The number of alkyl halides is 10. The zero-order valence-corrected chi connectivity index (χ0v) is 8.43. The van der Waals surface area contributed by atoms with Crippen molar-refractivity contribution >= 4 is 0 Å². The molecule has 1 N–H and O–H groups in total. The minimum Gasteiger partial charge on any atom is -0.378 e. The van der Waals surface area contributed by atoms with E-state index < -0.39 is 36.2 Å². The Morgan fingerprint density at radius 2 is 0.889 bits per heavy atom. The third-order valence-corrected chi connectivity index (χ3v) is 2.26. The van der Waals surface area contributed by atoms with Gasteiger partial charge in [-0.05, 0) is 6.42 Å². The lowest BCUT2D eigenvalue weighted by Crippen LogP contribution is -2.69. The number of hydrogen-bond donors (Lipinski definition) is 1. The van der Waals surface area contributed by atoms with Crippen LogP contribution in [0.5, 0.6) is 0 Å². The highest BCUT2D eigenvalue weighted by atomic mass is 19.4. The third-order valence-electron chi connectivity index (χ3n) is 2.26. The maximum atomic E-state index is 12.7. The molecule has 1 nitrogen and oxygen atoms in total. The lowest BCUT2D eigenvalue weighted by atomic mass is 9.84. The van der Waals surface area contributed by atoms with Crippen LogP contribution in [0.15, 0.2) is 0 Å². The summed E-state index contributed by atoms with van der Waals surface area (Å²) in [4.78, 5) is 0. The molecule has 0 radical (unpaired) electrons. The summed E-state index contributed by atoms with van der Waals surface area (Å²) in [6, 6.07) is 0. The molecular weight excluding hydrogens is 290 g/mol. The van der Waals surface area contributed by atoms with Gasteiger partial charge in [0.2, 0.25) is 5.60 Å². The zero-order chi connectivity index (χ0) is 15.2. The molecule has 0 saturated heterocycles. The summed E-state index contributed by atoms with van der Waals surface area (Å²) in [6.45, 7) is 0.152. The highest BCUT2D eigenvalue weighted by molar-refractivity contribution is 5.08. The van der Waals surface area contributed by atoms with E-state index in [4.69, 9.17) is 5.11 Å². The number of halogens is 10. The van der Waals surface area contributed by atoms with E-state index in [0.29, 0.717) is 0 Å². The lowest BCUT2D eigenvalue weighted by Gasteiger charge is -2.41. The van der Waals surface area contributed by atoms with Crippen molar-refractivity contribution in [1.82, 2.24) is 0 Å². The molecule has 0 bridgehead atoms. The van der Waals surface area contributed by atoms with Crippen LogP contribution in [-0.2, 0) is 0 Å². The summed E-state index contributed by atoms with van der Waals surface area (Å²) in [6.07, 6.45) is -15.7. The first-order valence-corrected chi connectivity index (χ1v) is 4.17. The molecule has 0 aromatic rings. The zero-order valence-electron chi connectivity index (χ0n) is 8.43. The molecule has 0 rings (SSSR count). The third kappa shape index (κ3) is 2.12. The highest BCUT2D eigenvalue weighted by Crippen LogP contribution is 2.55. The molecule has 0 aromatic carbocycles. The second-order valence-electron chi connectivity index (χ2n) is 3.36. The molecule has 0 aromatic heterocycles. The first-order valence-electron chi connectivity index (χ1n) is 4.17. The van der Waals surface area contributed by atoms with Crippen molar-refractivity contribution in [2.75, 3.05) is 0 Å². The topological polar surface area (TPSA) is 20.2 Å². The van der Waals surface area contributed by atoms with Gasteiger partial charge in [0, 0.05) is 0 Å². The monoisotopic (exact) mass is 296 g/mol. The van der Waals surface area contributed by atoms with Gasteiger partial charge in [-0.1, -0.05) is 6.92 Å². The average Bonchev–Trinajstić information content (AvgIpc) is 2.12. The quantitative estimate of drug-likeness (QED) is 0.790. The van der Waals surface area contributed by atoms with Gasteiger partial charge < -0.3 is 5.11 Å². The normalized spacial score (nSPS) is 16.0. The Kier molecular flexibility index (Phi) is 3.97. The number of hydrogen-bond acceptors (Lipinski definition) is 1. The second kappa shape index (κ2) is 4.14. The highest BCUT2D eigenvalue weighted by Gasteiger charge is 2.83. The molecule has 18 heavy (non-hydrogen) atoms. The fraction of sp³-hybridized carbons (Fsp3) is 1.00. The van der Waals surface area contributed by atoms with Gasteiger partial charge in [-0.15, -0.1) is 0 Å².